The largest absolute Gasteiger partial charge is 0.497 e. The average molecular weight is 488 g/mol. The van der Waals surface area contributed by atoms with Gasteiger partial charge in [-0.15, -0.1) is 0 Å². The first kappa shape index (κ1) is 25.4. The number of para-hydroxylation sites is 1. The van der Waals surface area contributed by atoms with Crippen molar-refractivity contribution in [1.29, 1.82) is 0 Å². The zero-order chi connectivity index (χ0) is 25.4. The summed E-state index contributed by atoms with van der Waals surface area (Å²) >= 11 is 0. The fourth-order valence-electron chi connectivity index (χ4n) is 3.24. The van der Waals surface area contributed by atoms with Crippen LogP contribution in [0.4, 0.5) is 18.9 Å². The highest BCUT2D eigenvalue weighted by Crippen LogP contribution is 2.34. The summed E-state index contributed by atoms with van der Waals surface area (Å²) in [5, 5.41) is 2.25. The molecule has 1 N–H and O–H groups in total. The molecule has 35 heavy (non-hydrogen) atoms. The Hall–Kier alpha value is -4.21. The Bertz CT molecular complexity index is 1190. The molecule has 0 aliphatic carbocycles. The molecule has 0 spiro atoms. The van der Waals surface area contributed by atoms with Crippen molar-refractivity contribution in [2.45, 2.75) is 12.7 Å². The molecule has 0 atom stereocenters. The second kappa shape index (κ2) is 11.3. The Balaban J connectivity index is 1.80. The summed E-state index contributed by atoms with van der Waals surface area (Å²) < 4.78 is 55.5. The third kappa shape index (κ3) is 6.89. The number of anilines is 1. The van der Waals surface area contributed by atoms with E-state index >= 15 is 0 Å². The number of halogens is 3. The Morgan fingerprint density at radius 3 is 2.49 bits per heavy atom. The Morgan fingerprint density at radius 1 is 1.06 bits per heavy atom. The second-order valence-corrected chi connectivity index (χ2v) is 7.31. The van der Waals surface area contributed by atoms with E-state index in [4.69, 9.17) is 13.9 Å². The number of carbonyl (C=O) groups is 2. The fourth-order valence-corrected chi connectivity index (χ4v) is 3.24. The van der Waals surface area contributed by atoms with Gasteiger partial charge in [-0.25, -0.2) is 0 Å². The van der Waals surface area contributed by atoms with Crippen molar-refractivity contribution in [3.05, 3.63) is 83.8 Å². The molecular weight excluding hydrogens is 465 g/mol. The van der Waals surface area contributed by atoms with E-state index in [-0.39, 0.29) is 6.54 Å². The van der Waals surface area contributed by atoms with Crippen LogP contribution in [0.5, 0.6) is 11.5 Å². The van der Waals surface area contributed by atoms with Gasteiger partial charge in [0, 0.05) is 11.6 Å². The molecule has 0 bridgehead atoms. The quantitative estimate of drug-likeness (QED) is 0.429. The monoisotopic (exact) mass is 488 g/mol. The zero-order valence-corrected chi connectivity index (χ0v) is 19.0. The molecule has 1 heterocycles. The highest BCUT2D eigenvalue weighted by Gasteiger charge is 2.33. The maximum Gasteiger partial charge on any atom is 0.418 e. The molecule has 0 unspecified atom stereocenters. The first-order chi connectivity index (χ1) is 16.7. The van der Waals surface area contributed by atoms with Crippen molar-refractivity contribution in [2.75, 3.05) is 26.1 Å². The normalized spacial score (nSPS) is 11.3. The van der Waals surface area contributed by atoms with Crippen LogP contribution in [0.1, 0.15) is 16.9 Å². The summed E-state index contributed by atoms with van der Waals surface area (Å²) in [5.41, 5.74) is -0.823. The molecule has 0 radical (unpaired) electrons. The van der Waals surface area contributed by atoms with Crippen LogP contribution in [0.2, 0.25) is 0 Å². The molecule has 3 aromatic rings. The number of nitrogens with zero attached hydrogens (tertiary/aromatic N) is 1. The van der Waals surface area contributed by atoms with Crippen molar-refractivity contribution >= 4 is 23.6 Å². The van der Waals surface area contributed by atoms with Crippen molar-refractivity contribution in [1.82, 2.24) is 4.90 Å². The van der Waals surface area contributed by atoms with Crippen LogP contribution in [0, 0.1) is 0 Å². The molecule has 0 saturated heterocycles. The fraction of sp³-hybridized carbons (Fsp3) is 0.200. The second-order valence-electron chi connectivity index (χ2n) is 7.31. The summed E-state index contributed by atoms with van der Waals surface area (Å²) in [7, 11) is 2.98. The highest BCUT2D eigenvalue weighted by molar-refractivity contribution is 5.98. The number of ether oxygens (including phenoxy) is 2. The van der Waals surface area contributed by atoms with Gasteiger partial charge in [0.25, 0.3) is 0 Å². The Kier molecular flexibility index (Phi) is 8.19. The van der Waals surface area contributed by atoms with Gasteiger partial charge in [-0.1, -0.05) is 12.1 Å². The standard InChI is InChI=1S/C25H23F3N2O5/c1-33-18-10-11-22(34-2)17(14-18)9-12-24(32)30(15-19-6-5-13-35-19)16-23(31)29-21-8-4-3-7-20(21)25(26,27)28/h3-14H,15-16H2,1-2H3,(H,29,31)/b12-9+. The minimum Gasteiger partial charge on any atom is -0.497 e. The molecule has 1 aromatic heterocycles. The third-order valence-electron chi connectivity index (χ3n) is 4.92. The number of nitrogens with one attached hydrogen (secondary N) is 1. The lowest BCUT2D eigenvalue weighted by Gasteiger charge is -2.20. The van der Waals surface area contributed by atoms with E-state index in [0.717, 1.165) is 17.0 Å². The topological polar surface area (TPSA) is 81.0 Å². The molecule has 0 aliphatic heterocycles. The molecule has 10 heteroatoms. The molecule has 3 rings (SSSR count). The lowest BCUT2D eigenvalue weighted by atomic mass is 10.1. The molecule has 2 amide bonds. The third-order valence-corrected chi connectivity index (χ3v) is 4.92. The molecule has 0 aliphatic rings. The number of benzene rings is 2. The lowest BCUT2D eigenvalue weighted by molar-refractivity contribution is -0.137. The van der Waals surface area contributed by atoms with E-state index in [9.17, 15) is 22.8 Å². The highest BCUT2D eigenvalue weighted by atomic mass is 19.4. The molecule has 2 aromatic carbocycles. The van der Waals surface area contributed by atoms with Crippen LogP contribution in [0.3, 0.4) is 0 Å². The van der Waals surface area contributed by atoms with E-state index < -0.39 is 35.8 Å². The van der Waals surface area contributed by atoms with Crippen LogP contribution in [0.15, 0.2) is 71.4 Å². The van der Waals surface area contributed by atoms with Gasteiger partial charge in [0.2, 0.25) is 11.8 Å². The lowest BCUT2D eigenvalue weighted by Crippen LogP contribution is -2.36. The number of rotatable bonds is 9. The van der Waals surface area contributed by atoms with E-state index in [1.54, 1.807) is 30.3 Å². The van der Waals surface area contributed by atoms with Crippen molar-refractivity contribution in [3.63, 3.8) is 0 Å². The Labute approximate surface area is 199 Å². The van der Waals surface area contributed by atoms with Gasteiger partial charge in [-0.05, 0) is 48.5 Å². The zero-order valence-electron chi connectivity index (χ0n) is 19.0. The SMILES string of the molecule is COc1ccc(OC)c(/C=C/C(=O)N(CC(=O)Nc2ccccc2C(F)(F)F)Cc2ccco2)c1. The average Bonchev–Trinajstić information content (AvgIpc) is 3.34. The maximum atomic E-state index is 13.3. The first-order valence-corrected chi connectivity index (χ1v) is 10.4. The molecular formula is C25H23F3N2O5. The van der Waals surface area contributed by atoms with E-state index in [1.807, 2.05) is 0 Å². The predicted octanol–water partition coefficient (Wildman–Crippen LogP) is 5.00. The number of hydrogen-bond acceptors (Lipinski definition) is 5. The summed E-state index contributed by atoms with van der Waals surface area (Å²) in [6.45, 7) is -0.578. The van der Waals surface area contributed by atoms with Crippen LogP contribution < -0.4 is 14.8 Å². The summed E-state index contributed by atoms with van der Waals surface area (Å²) in [5.74, 6) is 0.0793. The van der Waals surface area contributed by atoms with E-state index in [0.29, 0.717) is 22.8 Å². The summed E-state index contributed by atoms with van der Waals surface area (Å²) in [6, 6.07) is 12.9. The summed E-state index contributed by atoms with van der Waals surface area (Å²) in [6.07, 6.45) is -0.506. The van der Waals surface area contributed by atoms with E-state index in [1.165, 1.54) is 44.8 Å². The van der Waals surface area contributed by atoms with Gasteiger partial charge in [0.05, 0.1) is 38.3 Å². The predicted molar refractivity (Wildman–Crippen MR) is 123 cm³/mol. The number of amides is 2. The van der Waals surface area contributed by atoms with Gasteiger partial charge in [0.1, 0.15) is 23.8 Å². The van der Waals surface area contributed by atoms with E-state index in [2.05, 4.69) is 5.32 Å². The molecule has 0 fully saturated rings. The Morgan fingerprint density at radius 2 is 1.83 bits per heavy atom. The van der Waals surface area contributed by atoms with Crippen molar-refractivity contribution in [2.24, 2.45) is 0 Å². The molecule has 184 valence electrons. The minimum absolute atomic E-state index is 0.0697. The molecule has 0 saturated carbocycles. The van der Waals surface area contributed by atoms with Crippen LogP contribution in [-0.2, 0) is 22.3 Å². The molecule has 7 nitrogen and oxygen atoms in total. The van der Waals surface area contributed by atoms with Gasteiger partial charge in [0.15, 0.2) is 0 Å². The van der Waals surface area contributed by atoms with Gasteiger partial charge >= 0.3 is 6.18 Å². The number of furan rings is 1. The van der Waals surface area contributed by atoms with Gasteiger partial charge in [-0.2, -0.15) is 13.2 Å². The maximum absolute atomic E-state index is 13.3. The van der Waals surface area contributed by atoms with Crippen molar-refractivity contribution in [3.8, 4) is 11.5 Å². The number of methoxy groups -OCH3 is 2. The van der Waals surface area contributed by atoms with Crippen LogP contribution >= 0.6 is 0 Å². The van der Waals surface area contributed by atoms with Crippen LogP contribution in [-0.4, -0.2) is 37.5 Å². The number of hydrogen-bond donors (Lipinski definition) is 1. The summed E-state index contributed by atoms with van der Waals surface area (Å²) in [4.78, 5) is 26.8. The minimum atomic E-state index is -4.65. The van der Waals surface area contributed by atoms with Gasteiger partial charge in [-0.3, -0.25) is 9.59 Å². The number of carbonyl (C=O) groups excluding carboxylic acids is 2. The smallest absolute Gasteiger partial charge is 0.418 e. The van der Waals surface area contributed by atoms with Crippen molar-refractivity contribution < 1.29 is 36.7 Å². The number of alkyl halides is 3. The van der Waals surface area contributed by atoms with Gasteiger partial charge < -0.3 is 24.1 Å². The van der Waals surface area contributed by atoms with Crippen LogP contribution in [0.25, 0.3) is 6.08 Å². The first-order valence-electron chi connectivity index (χ1n) is 10.4.